The van der Waals surface area contributed by atoms with Crippen molar-refractivity contribution in [3.05, 3.63) is 18.7 Å². The first-order chi connectivity index (χ1) is 7.85. The SMILES string of the molecule is NCC1(OCCCn2ccnc2)CCCC1. The highest BCUT2D eigenvalue weighted by Gasteiger charge is 2.32. The Morgan fingerprint density at radius 1 is 1.38 bits per heavy atom. The maximum absolute atomic E-state index is 5.98. The fourth-order valence-corrected chi connectivity index (χ4v) is 2.38. The zero-order valence-electron chi connectivity index (χ0n) is 9.77. The van der Waals surface area contributed by atoms with Crippen molar-refractivity contribution in [1.29, 1.82) is 0 Å². The summed E-state index contributed by atoms with van der Waals surface area (Å²) in [6, 6.07) is 0. The first-order valence-electron chi connectivity index (χ1n) is 6.14. The van der Waals surface area contributed by atoms with Gasteiger partial charge >= 0.3 is 0 Å². The van der Waals surface area contributed by atoms with Gasteiger partial charge in [0, 0.05) is 32.1 Å². The van der Waals surface area contributed by atoms with Crippen molar-refractivity contribution in [2.75, 3.05) is 13.2 Å². The van der Waals surface area contributed by atoms with Crippen molar-refractivity contribution >= 4 is 0 Å². The maximum atomic E-state index is 5.98. The number of aryl methyl sites for hydroxylation is 1. The summed E-state index contributed by atoms with van der Waals surface area (Å²) in [4.78, 5) is 4.01. The number of nitrogens with two attached hydrogens (primary N) is 1. The van der Waals surface area contributed by atoms with Gasteiger partial charge in [-0.15, -0.1) is 0 Å². The van der Waals surface area contributed by atoms with E-state index in [-0.39, 0.29) is 5.60 Å². The van der Waals surface area contributed by atoms with E-state index in [9.17, 15) is 0 Å². The lowest BCUT2D eigenvalue weighted by atomic mass is 10.0. The molecule has 1 aromatic heterocycles. The Hall–Kier alpha value is -0.870. The lowest BCUT2D eigenvalue weighted by molar-refractivity contribution is -0.0355. The summed E-state index contributed by atoms with van der Waals surface area (Å²) >= 11 is 0. The van der Waals surface area contributed by atoms with Gasteiger partial charge in [-0.25, -0.2) is 4.98 Å². The minimum atomic E-state index is -0.00502. The molecule has 0 spiro atoms. The molecule has 1 saturated carbocycles. The van der Waals surface area contributed by atoms with Crippen molar-refractivity contribution in [2.24, 2.45) is 5.73 Å². The summed E-state index contributed by atoms with van der Waals surface area (Å²) in [7, 11) is 0. The fourth-order valence-electron chi connectivity index (χ4n) is 2.38. The summed E-state index contributed by atoms with van der Waals surface area (Å²) < 4.78 is 8.06. The number of hydrogen-bond donors (Lipinski definition) is 1. The van der Waals surface area contributed by atoms with Crippen LogP contribution in [-0.4, -0.2) is 28.3 Å². The van der Waals surface area contributed by atoms with Crippen molar-refractivity contribution in [1.82, 2.24) is 9.55 Å². The Bertz CT molecular complexity index is 291. The Morgan fingerprint density at radius 3 is 2.81 bits per heavy atom. The largest absolute Gasteiger partial charge is 0.374 e. The van der Waals surface area contributed by atoms with Crippen molar-refractivity contribution in [3.8, 4) is 0 Å². The van der Waals surface area contributed by atoms with Crippen LogP contribution >= 0.6 is 0 Å². The highest BCUT2D eigenvalue weighted by Crippen LogP contribution is 2.32. The van der Waals surface area contributed by atoms with Crippen LogP contribution in [0.2, 0.25) is 0 Å². The topological polar surface area (TPSA) is 53.1 Å². The summed E-state index contributed by atoms with van der Waals surface area (Å²) in [6.45, 7) is 2.44. The van der Waals surface area contributed by atoms with E-state index in [0.29, 0.717) is 6.54 Å². The first kappa shape index (κ1) is 11.6. The molecular weight excluding hydrogens is 202 g/mol. The summed E-state index contributed by atoms with van der Waals surface area (Å²) in [5.41, 5.74) is 5.80. The van der Waals surface area contributed by atoms with Gasteiger partial charge in [-0.05, 0) is 19.3 Å². The number of imidazole rings is 1. The lowest BCUT2D eigenvalue weighted by Gasteiger charge is -2.27. The molecule has 2 N–H and O–H groups in total. The Balaban J connectivity index is 1.67. The van der Waals surface area contributed by atoms with E-state index in [4.69, 9.17) is 10.5 Å². The lowest BCUT2D eigenvalue weighted by Crippen LogP contribution is -2.38. The van der Waals surface area contributed by atoms with Crippen LogP contribution in [0.1, 0.15) is 32.1 Å². The van der Waals surface area contributed by atoms with Gasteiger partial charge in [0.25, 0.3) is 0 Å². The fraction of sp³-hybridized carbons (Fsp3) is 0.750. The zero-order valence-corrected chi connectivity index (χ0v) is 9.77. The second-order valence-electron chi connectivity index (χ2n) is 4.60. The highest BCUT2D eigenvalue weighted by atomic mass is 16.5. The minimum Gasteiger partial charge on any atom is -0.374 e. The van der Waals surface area contributed by atoms with Gasteiger partial charge in [0.15, 0.2) is 0 Å². The van der Waals surface area contributed by atoms with Crippen LogP contribution in [0.5, 0.6) is 0 Å². The molecule has 1 heterocycles. The normalized spacial score (nSPS) is 19.1. The van der Waals surface area contributed by atoms with Gasteiger partial charge in [0.05, 0.1) is 11.9 Å². The minimum absolute atomic E-state index is 0.00502. The number of nitrogens with zero attached hydrogens (tertiary/aromatic N) is 2. The van der Waals surface area contributed by atoms with Crippen molar-refractivity contribution in [3.63, 3.8) is 0 Å². The maximum Gasteiger partial charge on any atom is 0.0945 e. The molecular formula is C12H21N3O. The van der Waals surface area contributed by atoms with E-state index in [2.05, 4.69) is 9.55 Å². The molecule has 0 unspecified atom stereocenters. The van der Waals surface area contributed by atoms with Gasteiger partial charge < -0.3 is 15.0 Å². The third-order valence-electron chi connectivity index (χ3n) is 3.41. The van der Waals surface area contributed by atoms with Crippen molar-refractivity contribution in [2.45, 2.75) is 44.2 Å². The molecule has 0 amide bonds. The predicted octanol–water partition coefficient (Wildman–Crippen LogP) is 1.56. The molecule has 90 valence electrons. The average Bonchev–Trinajstić information content (AvgIpc) is 2.97. The summed E-state index contributed by atoms with van der Waals surface area (Å²) in [5, 5.41) is 0. The number of aromatic nitrogens is 2. The van der Waals surface area contributed by atoms with Crippen molar-refractivity contribution < 1.29 is 4.74 Å². The molecule has 1 aliphatic carbocycles. The molecule has 4 nitrogen and oxygen atoms in total. The second-order valence-corrected chi connectivity index (χ2v) is 4.60. The quantitative estimate of drug-likeness (QED) is 0.745. The van der Waals surface area contributed by atoms with E-state index < -0.39 is 0 Å². The Labute approximate surface area is 96.8 Å². The molecule has 0 saturated heterocycles. The van der Waals surface area contributed by atoms with Crippen LogP contribution < -0.4 is 5.73 Å². The van der Waals surface area contributed by atoms with Crippen LogP contribution in [0.4, 0.5) is 0 Å². The molecule has 0 aliphatic heterocycles. The van der Waals surface area contributed by atoms with E-state index in [1.807, 2.05) is 12.5 Å². The molecule has 0 radical (unpaired) electrons. The Morgan fingerprint density at radius 2 is 2.19 bits per heavy atom. The molecule has 1 fully saturated rings. The smallest absolute Gasteiger partial charge is 0.0945 e. The van der Waals surface area contributed by atoms with Gasteiger partial charge in [0.1, 0.15) is 0 Å². The summed E-state index contributed by atoms with van der Waals surface area (Å²) in [6.07, 6.45) is 11.4. The van der Waals surface area contributed by atoms with Crippen LogP contribution in [-0.2, 0) is 11.3 Å². The monoisotopic (exact) mass is 223 g/mol. The molecule has 2 rings (SSSR count). The number of hydrogen-bond acceptors (Lipinski definition) is 3. The van der Waals surface area contributed by atoms with Crippen LogP contribution in [0.3, 0.4) is 0 Å². The van der Waals surface area contributed by atoms with Crippen LogP contribution in [0.25, 0.3) is 0 Å². The highest BCUT2D eigenvalue weighted by molar-refractivity contribution is 4.87. The van der Waals surface area contributed by atoms with E-state index in [0.717, 1.165) is 32.4 Å². The number of rotatable bonds is 6. The van der Waals surface area contributed by atoms with Crippen LogP contribution in [0, 0.1) is 0 Å². The zero-order chi connectivity index (χ0) is 11.3. The first-order valence-corrected chi connectivity index (χ1v) is 6.14. The van der Waals surface area contributed by atoms with Crippen LogP contribution in [0.15, 0.2) is 18.7 Å². The third-order valence-corrected chi connectivity index (χ3v) is 3.41. The third kappa shape index (κ3) is 2.83. The van der Waals surface area contributed by atoms with Gasteiger partial charge in [0.2, 0.25) is 0 Å². The van der Waals surface area contributed by atoms with Gasteiger partial charge in [-0.3, -0.25) is 0 Å². The van der Waals surface area contributed by atoms with Gasteiger partial charge in [-0.1, -0.05) is 12.8 Å². The molecule has 0 atom stereocenters. The Kier molecular flexibility index (Phi) is 3.96. The molecule has 0 bridgehead atoms. The van der Waals surface area contributed by atoms with Gasteiger partial charge in [-0.2, -0.15) is 0 Å². The predicted molar refractivity (Wildman–Crippen MR) is 63.0 cm³/mol. The van der Waals surface area contributed by atoms with E-state index in [1.165, 1.54) is 12.8 Å². The second kappa shape index (κ2) is 5.46. The molecule has 0 aromatic carbocycles. The van der Waals surface area contributed by atoms with E-state index in [1.54, 1.807) is 6.20 Å². The van der Waals surface area contributed by atoms with E-state index >= 15 is 0 Å². The molecule has 16 heavy (non-hydrogen) atoms. The standard InChI is InChI=1S/C12H21N3O/c13-10-12(4-1-2-5-12)16-9-3-7-15-8-6-14-11-15/h6,8,11H,1-5,7,9-10,13H2. The molecule has 1 aliphatic rings. The average molecular weight is 223 g/mol. The molecule has 1 aromatic rings. The number of ether oxygens (including phenoxy) is 1. The molecule has 4 heteroatoms. The summed E-state index contributed by atoms with van der Waals surface area (Å²) in [5.74, 6) is 0.